The Morgan fingerprint density at radius 2 is 1.85 bits per heavy atom. The Labute approximate surface area is 127 Å². The zero-order valence-corrected chi connectivity index (χ0v) is 12.9. The van der Waals surface area contributed by atoms with Crippen molar-refractivity contribution in [1.29, 1.82) is 0 Å². The highest BCUT2D eigenvalue weighted by atomic mass is 79.9. The highest BCUT2D eigenvalue weighted by Crippen LogP contribution is 2.21. The molecule has 20 heavy (non-hydrogen) atoms. The highest BCUT2D eigenvalue weighted by molar-refractivity contribution is 9.10. The number of rotatable bonds is 4. The molecule has 0 amide bonds. The topological polar surface area (TPSA) is 14.2 Å². The van der Waals surface area contributed by atoms with E-state index in [0.29, 0.717) is 0 Å². The van der Waals surface area contributed by atoms with Crippen LogP contribution in [0, 0.1) is 0 Å². The summed E-state index contributed by atoms with van der Waals surface area (Å²) in [4.78, 5) is 0. The van der Waals surface area contributed by atoms with Gasteiger partial charge in [-0.05, 0) is 48.4 Å². The van der Waals surface area contributed by atoms with E-state index in [1.807, 2.05) is 12.1 Å². The third kappa shape index (κ3) is 2.73. The second kappa shape index (κ2) is 5.71. The van der Waals surface area contributed by atoms with Gasteiger partial charge in [0.05, 0.1) is 7.11 Å². The van der Waals surface area contributed by atoms with Gasteiger partial charge in [-0.1, -0.05) is 28.1 Å². The van der Waals surface area contributed by atoms with E-state index in [1.165, 1.54) is 16.5 Å². The summed E-state index contributed by atoms with van der Waals surface area (Å²) in [6.07, 6.45) is 3.17. The quantitative estimate of drug-likeness (QED) is 0.679. The first-order valence-corrected chi connectivity index (χ1v) is 7.43. The number of methoxy groups -OCH3 is 1. The van der Waals surface area contributed by atoms with Crippen molar-refractivity contribution in [3.8, 4) is 5.75 Å². The van der Waals surface area contributed by atoms with Crippen LogP contribution in [0.1, 0.15) is 5.56 Å². The molecule has 102 valence electrons. The van der Waals surface area contributed by atoms with E-state index in [-0.39, 0.29) is 0 Å². The number of benzene rings is 2. The summed E-state index contributed by atoms with van der Waals surface area (Å²) in [5.41, 5.74) is 2.60. The molecular weight excluding hydrogens is 314 g/mol. The molecule has 1 heterocycles. The second-order valence-corrected chi connectivity index (χ2v) is 5.73. The van der Waals surface area contributed by atoms with E-state index in [1.54, 1.807) is 7.11 Å². The van der Waals surface area contributed by atoms with Gasteiger partial charge in [-0.3, -0.25) is 0 Å². The van der Waals surface area contributed by atoms with Crippen molar-refractivity contribution >= 4 is 26.8 Å². The van der Waals surface area contributed by atoms with Gasteiger partial charge in [0, 0.05) is 28.1 Å². The van der Waals surface area contributed by atoms with Gasteiger partial charge in [0.2, 0.25) is 0 Å². The van der Waals surface area contributed by atoms with Crippen LogP contribution in [-0.4, -0.2) is 11.7 Å². The van der Waals surface area contributed by atoms with Gasteiger partial charge in [0.25, 0.3) is 0 Å². The largest absolute Gasteiger partial charge is 0.497 e. The van der Waals surface area contributed by atoms with Crippen molar-refractivity contribution in [2.75, 3.05) is 7.11 Å². The maximum atomic E-state index is 5.18. The molecule has 0 saturated heterocycles. The van der Waals surface area contributed by atoms with Crippen LogP contribution in [0.4, 0.5) is 0 Å². The molecular formula is C17H16BrNO. The molecule has 3 aromatic rings. The molecule has 0 spiro atoms. The number of fused-ring (bicyclic) bond motifs is 1. The van der Waals surface area contributed by atoms with Crippen LogP contribution in [0.3, 0.4) is 0 Å². The smallest absolute Gasteiger partial charge is 0.118 e. The van der Waals surface area contributed by atoms with E-state index in [0.717, 1.165) is 23.2 Å². The Bertz CT molecular complexity index is 715. The average Bonchev–Trinajstić information content (AvgIpc) is 2.88. The van der Waals surface area contributed by atoms with Crippen molar-refractivity contribution < 1.29 is 4.74 Å². The fraction of sp³-hybridized carbons (Fsp3) is 0.176. The van der Waals surface area contributed by atoms with E-state index in [9.17, 15) is 0 Å². The van der Waals surface area contributed by atoms with E-state index >= 15 is 0 Å². The van der Waals surface area contributed by atoms with Crippen molar-refractivity contribution in [3.63, 3.8) is 0 Å². The maximum Gasteiger partial charge on any atom is 0.118 e. The fourth-order valence-electron chi connectivity index (χ4n) is 2.41. The summed E-state index contributed by atoms with van der Waals surface area (Å²) in [6, 6.07) is 16.8. The molecule has 1 aromatic heterocycles. The van der Waals surface area contributed by atoms with E-state index < -0.39 is 0 Å². The fourth-order valence-corrected chi connectivity index (χ4v) is 2.79. The van der Waals surface area contributed by atoms with Crippen LogP contribution in [0.25, 0.3) is 10.9 Å². The third-order valence-electron chi connectivity index (χ3n) is 3.53. The lowest BCUT2D eigenvalue weighted by atomic mass is 10.1. The molecule has 0 aliphatic carbocycles. The molecule has 0 radical (unpaired) electrons. The minimum absolute atomic E-state index is 0.907. The van der Waals surface area contributed by atoms with Crippen LogP contribution in [-0.2, 0) is 13.0 Å². The van der Waals surface area contributed by atoms with Crippen molar-refractivity contribution in [1.82, 2.24) is 4.57 Å². The highest BCUT2D eigenvalue weighted by Gasteiger charge is 2.02. The first-order chi connectivity index (χ1) is 9.76. The maximum absolute atomic E-state index is 5.18. The minimum atomic E-state index is 0.907. The van der Waals surface area contributed by atoms with Crippen LogP contribution in [0.2, 0.25) is 0 Å². The first-order valence-electron chi connectivity index (χ1n) is 6.63. The Hall–Kier alpha value is -1.74. The summed E-state index contributed by atoms with van der Waals surface area (Å²) in [5.74, 6) is 0.907. The van der Waals surface area contributed by atoms with Crippen molar-refractivity contribution in [2.45, 2.75) is 13.0 Å². The molecule has 0 bridgehead atoms. The normalized spacial score (nSPS) is 10.9. The van der Waals surface area contributed by atoms with E-state index in [2.05, 4.69) is 63.1 Å². The number of ether oxygens (including phenoxy) is 1. The monoisotopic (exact) mass is 329 g/mol. The molecule has 3 heteroatoms. The summed E-state index contributed by atoms with van der Waals surface area (Å²) >= 11 is 3.51. The first kappa shape index (κ1) is 13.3. The van der Waals surface area contributed by atoms with Gasteiger partial charge >= 0.3 is 0 Å². The standard InChI is InChI=1S/C17H16BrNO/c1-20-16-5-2-13(3-6-16)8-10-19-11-9-14-12-15(18)4-7-17(14)19/h2-7,9,11-12H,8,10H2,1H3. The Morgan fingerprint density at radius 3 is 2.60 bits per heavy atom. The van der Waals surface area contributed by atoms with Crippen LogP contribution in [0.15, 0.2) is 59.2 Å². The zero-order chi connectivity index (χ0) is 13.9. The molecule has 3 rings (SSSR count). The van der Waals surface area contributed by atoms with Gasteiger partial charge < -0.3 is 9.30 Å². The number of aromatic nitrogens is 1. The van der Waals surface area contributed by atoms with E-state index in [4.69, 9.17) is 4.74 Å². The predicted octanol–water partition coefficient (Wildman–Crippen LogP) is 4.66. The van der Waals surface area contributed by atoms with Gasteiger partial charge in [-0.2, -0.15) is 0 Å². The molecule has 2 nitrogen and oxygen atoms in total. The molecule has 0 saturated carbocycles. The molecule has 0 unspecified atom stereocenters. The van der Waals surface area contributed by atoms with Crippen LogP contribution in [0.5, 0.6) is 5.75 Å². The van der Waals surface area contributed by atoms with Gasteiger partial charge in [0.1, 0.15) is 5.75 Å². The lowest BCUT2D eigenvalue weighted by Crippen LogP contribution is -1.99. The Kier molecular flexibility index (Phi) is 3.79. The number of aryl methyl sites for hydroxylation is 2. The lowest BCUT2D eigenvalue weighted by Gasteiger charge is -2.07. The minimum Gasteiger partial charge on any atom is -0.497 e. The number of hydrogen-bond acceptors (Lipinski definition) is 1. The Balaban J connectivity index is 1.76. The summed E-state index contributed by atoms with van der Waals surface area (Å²) < 4.78 is 8.60. The number of nitrogens with zero attached hydrogens (tertiary/aromatic N) is 1. The Morgan fingerprint density at radius 1 is 1.05 bits per heavy atom. The van der Waals surface area contributed by atoms with Gasteiger partial charge in [0.15, 0.2) is 0 Å². The van der Waals surface area contributed by atoms with Gasteiger partial charge in [-0.15, -0.1) is 0 Å². The molecule has 0 atom stereocenters. The number of halogens is 1. The predicted molar refractivity (Wildman–Crippen MR) is 86.3 cm³/mol. The lowest BCUT2D eigenvalue weighted by molar-refractivity contribution is 0.414. The third-order valence-corrected chi connectivity index (χ3v) is 4.03. The van der Waals surface area contributed by atoms with Crippen molar-refractivity contribution in [3.05, 3.63) is 64.8 Å². The average molecular weight is 330 g/mol. The molecule has 2 aromatic carbocycles. The SMILES string of the molecule is COc1ccc(CCn2ccc3cc(Br)ccc32)cc1. The molecule has 0 N–H and O–H groups in total. The summed E-state index contributed by atoms with van der Waals surface area (Å²) in [6.45, 7) is 0.984. The summed E-state index contributed by atoms with van der Waals surface area (Å²) in [5, 5.41) is 1.27. The molecule has 0 aliphatic rings. The molecule has 0 fully saturated rings. The zero-order valence-electron chi connectivity index (χ0n) is 11.3. The molecule has 0 aliphatic heterocycles. The number of hydrogen-bond donors (Lipinski definition) is 0. The van der Waals surface area contributed by atoms with Crippen molar-refractivity contribution in [2.24, 2.45) is 0 Å². The van der Waals surface area contributed by atoms with Crippen LogP contribution >= 0.6 is 15.9 Å². The van der Waals surface area contributed by atoms with Crippen LogP contribution < -0.4 is 4.74 Å². The second-order valence-electron chi connectivity index (χ2n) is 4.81. The van der Waals surface area contributed by atoms with Gasteiger partial charge in [-0.25, -0.2) is 0 Å². The summed E-state index contributed by atoms with van der Waals surface area (Å²) in [7, 11) is 1.69.